The first-order valence-electron chi connectivity index (χ1n) is 12.4. The lowest BCUT2D eigenvalue weighted by Crippen LogP contribution is -2.36. The van der Waals surface area contributed by atoms with Gasteiger partial charge in [-0.1, -0.05) is 6.07 Å². The molecule has 2 aromatic heterocycles. The minimum atomic E-state index is -1.17. The lowest BCUT2D eigenvalue weighted by Gasteiger charge is -2.29. The first-order chi connectivity index (χ1) is 18.1. The molecule has 2 aliphatic heterocycles. The standard InChI is InChI=1S/C27H27FN6O3/c28-21-6-3-17(26(36)25-27(30-8-7-29-25)34-9-1-2-23(34)35)14-20(21)24-19-5-4-18(15-22(19)31-16-32-24)33-10-12-37-13-11-33/h3-8,14-16,23,26,35-36H,1-2,9-13H2. The molecule has 9 nitrogen and oxygen atoms in total. The first kappa shape index (κ1) is 23.7. The van der Waals surface area contributed by atoms with Gasteiger partial charge in [0, 0.05) is 48.7 Å². The van der Waals surface area contributed by atoms with Crippen molar-refractivity contribution >= 4 is 22.4 Å². The minimum absolute atomic E-state index is 0.259. The Balaban J connectivity index is 1.38. The van der Waals surface area contributed by atoms with Gasteiger partial charge in [0.25, 0.3) is 0 Å². The van der Waals surface area contributed by atoms with Crippen LogP contribution in [0.15, 0.2) is 55.1 Å². The maximum absolute atomic E-state index is 15.2. The Morgan fingerprint density at radius 1 is 0.973 bits per heavy atom. The molecule has 2 aliphatic rings. The van der Waals surface area contributed by atoms with Crippen molar-refractivity contribution in [2.75, 3.05) is 42.6 Å². The number of aliphatic hydroxyl groups is 2. The molecule has 2 N–H and O–H groups in total. The molecule has 2 fully saturated rings. The van der Waals surface area contributed by atoms with Crippen molar-refractivity contribution in [2.24, 2.45) is 0 Å². The van der Waals surface area contributed by atoms with E-state index in [4.69, 9.17) is 4.74 Å². The molecule has 2 atom stereocenters. The molecule has 0 spiro atoms. The van der Waals surface area contributed by atoms with Gasteiger partial charge in [0.15, 0.2) is 5.82 Å². The van der Waals surface area contributed by atoms with Crippen LogP contribution in [0.1, 0.15) is 30.2 Å². The molecule has 0 bridgehead atoms. The van der Waals surface area contributed by atoms with Crippen molar-refractivity contribution in [3.05, 3.63) is 72.2 Å². The number of hydrogen-bond acceptors (Lipinski definition) is 9. The number of ether oxygens (including phenoxy) is 1. The zero-order valence-electron chi connectivity index (χ0n) is 20.2. The number of hydrogen-bond donors (Lipinski definition) is 2. The van der Waals surface area contributed by atoms with E-state index in [0.29, 0.717) is 59.9 Å². The number of nitrogens with zero attached hydrogens (tertiary/aromatic N) is 6. The summed E-state index contributed by atoms with van der Waals surface area (Å²) in [6.45, 7) is 3.58. The van der Waals surface area contributed by atoms with Gasteiger partial charge in [0.2, 0.25) is 0 Å². The number of rotatable bonds is 5. The third-order valence-corrected chi connectivity index (χ3v) is 7.02. The Kier molecular flexibility index (Phi) is 6.37. The lowest BCUT2D eigenvalue weighted by atomic mass is 9.99. The average molecular weight is 503 g/mol. The normalized spacial score (nSPS) is 18.9. The second kappa shape index (κ2) is 9.97. The monoisotopic (exact) mass is 502 g/mol. The second-order valence-corrected chi connectivity index (χ2v) is 9.25. The molecule has 2 saturated heterocycles. The molecule has 2 unspecified atom stereocenters. The molecule has 10 heteroatoms. The molecule has 4 heterocycles. The zero-order valence-corrected chi connectivity index (χ0v) is 20.2. The van der Waals surface area contributed by atoms with Crippen LogP contribution in [0.5, 0.6) is 0 Å². The fraction of sp³-hybridized carbons (Fsp3) is 0.333. The fourth-order valence-electron chi connectivity index (χ4n) is 5.08. The van der Waals surface area contributed by atoms with Crippen LogP contribution in [-0.4, -0.2) is 69.2 Å². The maximum atomic E-state index is 15.2. The van der Waals surface area contributed by atoms with Crippen LogP contribution in [0, 0.1) is 5.82 Å². The smallest absolute Gasteiger partial charge is 0.155 e. The fourth-order valence-corrected chi connectivity index (χ4v) is 5.08. The van der Waals surface area contributed by atoms with E-state index in [2.05, 4.69) is 24.8 Å². The summed E-state index contributed by atoms with van der Waals surface area (Å²) in [6.07, 6.45) is 4.06. The Morgan fingerprint density at radius 2 is 1.81 bits per heavy atom. The van der Waals surface area contributed by atoms with Crippen LogP contribution in [0.25, 0.3) is 22.2 Å². The van der Waals surface area contributed by atoms with Crippen molar-refractivity contribution < 1.29 is 19.3 Å². The van der Waals surface area contributed by atoms with E-state index in [-0.39, 0.29) is 5.56 Å². The summed E-state index contributed by atoms with van der Waals surface area (Å²) in [5, 5.41) is 22.4. The number of halogens is 1. The molecule has 37 heavy (non-hydrogen) atoms. The molecule has 0 amide bonds. The largest absolute Gasteiger partial charge is 0.382 e. The zero-order chi connectivity index (χ0) is 25.4. The Hall–Kier alpha value is -3.73. The highest BCUT2D eigenvalue weighted by Crippen LogP contribution is 2.35. The molecular formula is C27H27FN6O3. The lowest BCUT2D eigenvalue weighted by molar-refractivity contribution is 0.122. The topological polar surface area (TPSA) is 108 Å². The summed E-state index contributed by atoms with van der Waals surface area (Å²) in [4.78, 5) is 21.6. The minimum Gasteiger partial charge on any atom is -0.382 e. The molecule has 0 radical (unpaired) electrons. The Morgan fingerprint density at radius 3 is 2.62 bits per heavy atom. The maximum Gasteiger partial charge on any atom is 0.155 e. The molecular weight excluding hydrogens is 475 g/mol. The summed E-state index contributed by atoms with van der Waals surface area (Å²) in [5.41, 5.74) is 3.20. The van der Waals surface area contributed by atoms with Gasteiger partial charge in [0.05, 0.1) is 24.4 Å². The van der Waals surface area contributed by atoms with Gasteiger partial charge >= 0.3 is 0 Å². The van der Waals surface area contributed by atoms with Crippen LogP contribution in [-0.2, 0) is 4.74 Å². The number of fused-ring (bicyclic) bond motifs is 1. The van der Waals surface area contributed by atoms with Gasteiger partial charge in [0.1, 0.15) is 30.2 Å². The van der Waals surface area contributed by atoms with Crippen LogP contribution in [0.2, 0.25) is 0 Å². The van der Waals surface area contributed by atoms with Crippen molar-refractivity contribution in [2.45, 2.75) is 25.2 Å². The van der Waals surface area contributed by atoms with E-state index in [1.165, 1.54) is 30.9 Å². The quantitative estimate of drug-likeness (QED) is 0.426. The van der Waals surface area contributed by atoms with Crippen LogP contribution in [0.3, 0.4) is 0 Å². The van der Waals surface area contributed by atoms with Crippen molar-refractivity contribution in [3.8, 4) is 11.3 Å². The van der Waals surface area contributed by atoms with E-state index < -0.39 is 18.1 Å². The average Bonchev–Trinajstić information content (AvgIpc) is 3.38. The second-order valence-electron chi connectivity index (χ2n) is 9.25. The molecule has 0 saturated carbocycles. The van der Waals surface area contributed by atoms with Gasteiger partial charge in [-0.3, -0.25) is 4.98 Å². The Labute approximate surface area is 213 Å². The molecule has 0 aliphatic carbocycles. The predicted octanol–water partition coefficient (Wildman–Crippen LogP) is 3.06. The molecule has 4 aromatic rings. The van der Waals surface area contributed by atoms with Gasteiger partial charge in [-0.15, -0.1) is 0 Å². The van der Waals surface area contributed by atoms with E-state index in [1.807, 2.05) is 18.2 Å². The highest BCUT2D eigenvalue weighted by molar-refractivity contribution is 5.94. The van der Waals surface area contributed by atoms with Crippen molar-refractivity contribution in [1.82, 2.24) is 19.9 Å². The predicted molar refractivity (Wildman–Crippen MR) is 137 cm³/mol. The van der Waals surface area contributed by atoms with Gasteiger partial charge in [-0.05, 0) is 48.7 Å². The summed E-state index contributed by atoms with van der Waals surface area (Å²) in [6, 6.07) is 10.3. The van der Waals surface area contributed by atoms with Gasteiger partial charge in [-0.2, -0.15) is 0 Å². The van der Waals surface area contributed by atoms with E-state index in [1.54, 1.807) is 11.0 Å². The van der Waals surface area contributed by atoms with E-state index >= 15 is 4.39 Å². The number of benzene rings is 2. The number of morpholine rings is 1. The van der Waals surface area contributed by atoms with Crippen molar-refractivity contribution in [1.29, 1.82) is 0 Å². The SMILES string of the molecule is OC(c1ccc(F)c(-c2ncnc3cc(N4CCOCC4)ccc23)c1)c1nccnc1N1CCCC1O. The first-order valence-corrected chi connectivity index (χ1v) is 12.4. The molecule has 6 rings (SSSR count). The Bertz CT molecular complexity index is 1430. The molecule has 2 aromatic carbocycles. The van der Waals surface area contributed by atoms with E-state index in [9.17, 15) is 10.2 Å². The number of anilines is 2. The van der Waals surface area contributed by atoms with Crippen LogP contribution < -0.4 is 9.80 Å². The van der Waals surface area contributed by atoms with Crippen LogP contribution >= 0.6 is 0 Å². The summed E-state index contributed by atoms with van der Waals surface area (Å²) >= 11 is 0. The summed E-state index contributed by atoms with van der Waals surface area (Å²) in [7, 11) is 0. The van der Waals surface area contributed by atoms with Crippen LogP contribution in [0.4, 0.5) is 15.9 Å². The highest BCUT2D eigenvalue weighted by Gasteiger charge is 2.29. The third kappa shape index (κ3) is 4.48. The van der Waals surface area contributed by atoms with Gasteiger partial charge in [-0.25, -0.2) is 19.3 Å². The van der Waals surface area contributed by atoms with Gasteiger partial charge < -0.3 is 24.7 Å². The number of aliphatic hydroxyl groups excluding tert-OH is 2. The van der Waals surface area contributed by atoms with Crippen molar-refractivity contribution in [3.63, 3.8) is 0 Å². The molecule has 190 valence electrons. The summed E-state index contributed by atoms with van der Waals surface area (Å²) < 4.78 is 20.6. The summed E-state index contributed by atoms with van der Waals surface area (Å²) in [5.74, 6) is -0.0310. The highest BCUT2D eigenvalue weighted by atomic mass is 19.1. The van der Waals surface area contributed by atoms with E-state index in [0.717, 1.165) is 25.2 Å². The third-order valence-electron chi connectivity index (χ3n) is 7.02. The number of aromatic nitrogens is 4.